The van der Waals surface area contributed by atoms with Crippen molar-refractivity contribution in [3.8, 4) is 0 Å². The lowest BCUT2D eigenvalue weighted by atomic mass is 10.0. The standard InChI is InChI=1S/C10H10ClF4NO.ClH/c11-5-1-2-6(7(12)3-5)8(17)4-9(16)10(13,14)15;/h1-3,8-9,17H,4,16H2;1H/t8-,9-;/m1./s1. The summed E-state index contributed by atoms with van der Waals surface area (Å²) in [5.41, 5.74) is 4.58. The highest BCUT2D eigenvalue weighted by Gasteiger charge is 2.38. The maximum absolute atomic E-state index is 13.3. The van der Waals surface area contributed by atoms with Crippen molar-refractivity contribution in [3.05, 3.63) is 34.6 Å². The van der Waals surface area contributed by atoms with Crippen molar-refractivity contribution in [3.63, 3.8) is 0 Å². The van der Waals surface area contributed by atoms with Gasteiger partial charge in [0.1, 0.15) is 11.9 Å². The van der Waals surface area contributed by atoms with E-state index in [1.165, 1.54) is 6.07 Å². The van der Waals surface area contributed by atoms with Gasteiger partial charge in [-0.3, -0.25) is 0 Å². The largest absolute Gasteiger partial charge is 0.403 e. The Morgan fingerprint density at radius 2 is 1.89 bits per heavy atom. The average Bonchev–Trinajstić information content (AvgIpc) is 2.15. The lowest BCUT2D eigenvalue weighted by Crippen LogP contribution is -2.38. The van der Waals surface area contributed by atoms with Crippen LogP contribution in [0.2, 0.25) is 5.02 Å². The molecule has 18 heavy (non-hydrogen) atoms. The maximum atomic E-state index is 13.3. The molecule has 3 N–H and O–H groups in total. The number of nitrogens with two attached hydrogens (primary N) is 1. The third-order valence-electron chi connectivity index (χ3n) is 2.22. The molecule has 2 atom stereocenters. The second-order valence-corrected chi connectivity index (χ2v) is 4.00. The van der Waals surface area contributed by atoms with Crippen LogP contribution < -0.4 is 5.73 Å². The third kappa shape index (κ3) is 4.61. The highest BCUT2D eigenvalue weighted by molar-refractivity contribution is 6.30. The Kier molecular flexibility index (Phi) is 6.36. The van der Waals surface area contributed by atoms with E-state index >= 15 is 0 Å². The molecule has 0 bridgehead atoms. The van der Waals surface area contributed by atoms with Gasteiger partial charge in [0, 0.05) is 17.0 Å². The van der Waals surface area contributed by atoms with E-state index in [-0.39, 0.29) is 23.0 Å². The van der Waals surface area contributed by atoms with E-state index in [1.54, 1.807) is 0 Å². The summed E-state index contributed by atoms with van der Waals surface area (Å²) < 4.78 is 49.7. The highest BCUT2D eigenvalue weighted by atomic mass is 35.5. The summed E-state index contributed by atoms with van der Waals surface area (Å²) in [5.74, 6) is -0.862. The summed E-state index contributed by atoms with van der Waals surface area (Å²) in [6, 6.07) is 1.13. The van der Waals surface area contributed by atoms with Crippen molar-refractivity contribution in [2.45, 2.75) is 24.7 Å². The highest BCUT2D eigenvalue weighted by Crippen LogP contribution is 2.28. The number of aliphatic hydroxyl groups is 1. The molecule has 0 amide bonds. The number of alkyl halides is 3. The number of hydrogen-bond acceptors (Lipinski definition) is 2. The predicted molar refractivity (Wildman–Crippen MR) is 62.3 cm³/mol. The molecule has 0 spiro atoms. The van der Waals surface area contributed by atoms with Gasteiger partial charge in [-0.05, 0) is 12.1 Å². The zero-order valence-corrected chi connectivity index (χ0v) is 10.5. The maximum Gasteiger partial charge on any atom is 0.403 e. The third-order valence-corrected chi connectivity index (χ3v) is 2.45. The minimum absolute atomic E-state index is 0. The van der Waals surface area contributed by atoms with E-state index in [0.717, 1.165) is 12.1 Å². The quantitative estimate of drug-likeness (QED) is 0.842. The van der Waals surface area contributed by atoms with Crippen LogP contribution in [0.1, 0.15) is 18.1 Å². The first-order valence-electron chi connectivity index (χ1n) is 4.67. The fourth-order valence-corrected chi connectivity index (χ4v) is 1.43. The van der Waals surface area contributed by atoms with Crippen molar-refractivity contribution >= 4 is 24.0 Å². The number of hydrogen-bond donors (Lipinski definition) is 2. The molecule has 0 fully saturated rings. The molecule has 1 aromatic rings. The Balaban J connectivity index is 0.00000289. The van der Waals surface area contributed by atoms with Gasteiger partial charge < -0.3 is 10.8 Å². The van der Waals surface area contributed by atoms with E-state index in [4.69, 9.17) is 17.3 Å². The van der Waals surface area contributed by atoms with Gasteiger partial charge in [0.25, 0.3) is 0 Å². The number of rotatable bonds is 3. The smallest absolute Gasteiger partial charge is 0.388 e. The number of benzene rings is 1. The van der Waals surface area contributed by atoms with E-state index in [2.05, 4.69) is 0 Å². The van der Waals surface area contributed by atoms with Crippen LogP contribution in [0.3, 0.4) is 0 Å². The second-order valence-electron chi connectivity index (χ2n) is 3.57. The molecule has 0 radical (unpaired) electrons. The number of halogens is 6. The fourth-order valence-electron chi connectivity index (χ4n) is 1.27. The first kappa shape index (κ1) is 17.4. The summed E-state index contributed by atoms with van der Waals surface area (Å²) in [7, 11) is 0. The minimum atomic E-state index is -4.62. The van der Waals surface area contributed by atoms with Crippen LogP contribution in [-0.4, -0.2) is 17.3 Å². The van der Waals surface area contributed by atoms with Gasteiger partial charge in [-0.25, -0.2) is 4.39 Å². The summed E-state index contributed by atoms with van der Waals surface area (Å²) in [6.07, 6.45) is -7.05. The van der Waals surface area contributed by atoms with Crippen LogP contribution >= 0.6 is 24.0 Å². The molecule has 8 heteroatoms. The van der Waals surface area contributed by atoms with Crippen LogP contribution in [0.25, 0.3) is 0 Å². The SMILES string of the molecule is Cl.N[C@H](C[C@@H](O)c1ccc(Cl)cc1F)C(F)(F)F. The summed E-state index contributed by atoms with van der Waals surface area (Å²) >= 11 is 5.47. The monoisotopic (exact) mass is 307 g/mol. The van der Waals surface area contributed by atoms with Crippen LogP contribution in [0, 0.1) is 5.82 Å². The van der Waals surface area contributed by atoms with Gasteiger partial charge in [0.2, 0.25) is 0 Å². The zero-order valence-electron chi connectivity index (χ0n) is 8.92. The first-order chi connectivity index (χ1) is 7.71. The van der Waals surface area contributed by atoms with Crippen molar-refractivity contribution in [2.24, 2.45) is 5.73 Å². The van der Waals surface area contributed by atoms with Crippen molar-refractivity contribution < 1.29 is 22.7 Å². The molecule has 0 aliphatic rings. The van der Waals surface area contributed by atoms with Crippen LogP contribution in [0.4, 0.5) is 17.6 Å². The van der Waals surface area contributed by atoms with E-state index in [9.17, 15) is 22.7 Å². The molecule has 0 aliphatic carbocycles. The molecule has 0 unspecified atom stereocenters. The first-order valence-corrected chi connectivity index (χ1v) is 5.05. The molecular formula is C10H11Cl2F4NO. The second kappa shape index (κ2) is 6.56. The van der Waals surface area contributed by atoms with Crippen molar-refractivity contribution in [1.82, 2.24) is 0 Å². The van der Waals surface area contributed by atoms with Gasteiger partial charge in [0.15, 0.2) is 0 Å². The molecule has 1 rings (SSSR count). The minimum Gasteiger partial charge on any atom is -0.388 e. The lowest BCUT2D eigenvalue weighted by molar-refractivity contribution is -0.154. The van der Waals surface area contributed by atoms with Gasteiger partial charge in [0.05, 0.1) is 6.10 Å². The molecule has 1 aromatic carbocycles. The molecule has 0 heterocycles. The lowest BCUT2D eigenvalue weighted by Gasteiger charge is -2.19. The van der Waals surface area contributed by atoms with Gasteiger partial charge in [-0.15, -0.1) is 12.4 Å². The Hall–Kier alpha value is -0.560. The molecule has 0 saturated carbocycles. The van der Waals surface area contributed by atoms with Gasteiger partial charge >= 0.3 is 6.18 Å². The summed E-state index contributed by atoms with van der Waals surface area (Å²) in [6.45, 7) is 0. The number of aliphatic hydroxyl groups excluding tert-OH is 1. The molecule has 104 valence electrons. The average molecular weight is 308 g/mol. The van der Waals surface area contributed by atoms with E-state index in [0.29, 0.717) is 0 Å². The summed E-state index contributed by atoms with van der Waals surface area (Å²) in [4.78, 5) is 0. The molecular weight excluding hydrogens is 297 g/mol. The fraction of sp³-hybridized carbons (Fsp3) is 0.400. The molecule has 2 nitrogen and oxygen atoms in total. The summed E-state index contributed by atoms with van der Waals surface area (Å²) in [5, 5.41) is 9.56. The van der Waals surface area contributed by atoms with Gasteiger partial charge in [-0.1, -0.05) is 17.7 Å². The Bertz CT molecular complexity index is 400. The van der Waals surface area contributed by atoms with Crippen LogP contribution in [0.5, 0.6) is 0 Å². The molecule has 0 aliphatic heterocycles. The Morgan fingerprint density at radius 1 is 1.33 bits per heavy atom. The normalized spacial score (nSPS) is 14.8. The Labute approximate surface area is 112 Å². The van der Waals surface area contributed by atoms with Crippen LogP contribution in [0.15, 0.2) is 18.2 Å². The topological polar surface area (TPSA) is 46.2 Å². The van der Waals surface area contributed by atoms with Crippen molar-refractivity contribution in [2.75, 3.05) is 0 Å². The van der Waals surface area contributed by atoms with Crippen LogP contribution in [-0.2, 0) is 0 Å². The van der Waals surface area contributed by atoms with Gasteiger partial charge in [-0.2, -0.15) is 13.2 Å². The van der Waals surface area contributed by atoms with E-state index in [1.807, 2.05) is 0 Å². The predicted octanol–water partition coefficient (Wildman–Crippen LogP) is 3.21. The molecule has 0 aromatic heterocycles. The zero-order chi connectivity index (χ0) is 13.2. The Morgan fingerprint density at radius 3 is 2.33 bits per heavy atom. The molecule has 0 saturated heterocycles. The van der Waals surface area contributed by atoms with E-state index < -0.39 is 30.6 Å². The van der Waals surface area contributed by atoms with Crippen molar-refractivity contribution in [1.29, 1.82) is 0 Å².